The zero-order valence-corrected chi connectivity index (χ0v) is 11.5. The lowest BCUT2D eigenvalue weighted by molar-refractivity contribution is -0.0567. The van der Waals surface area contributed by atoms with Crippen LogP contribution in [-0.4, -0.2) is 24.8 Å². The molecule has 0 bridgehead atoms. The largest absolute Gasteiger partial charge is 0.374 e. The Morgan fingerprint density at radius 1 is 1.19 bits per heavy atom. The molecule has 0 aliphatic heterocycles. The highest BCUT2D eigenvalue weighted by Crippen LogP contribution is 2.32. The fourth-order valence-corrected chi connectivity index (χ4v) is 3.13. The van der Waals surface area contributed by atoms with Gasteiger partial charge in [0.1, 0.15) is 0 Å². The lowest BCUT2D eigenvalue weighted by atomic mass is 9.77. The quantitative estimate of drug-likeness (QED) is 0.751. The van der Waals surface area contributed by atoms with Crippen LogP contribution < -0.4 is 5.32 Å². The SMILES string of the molecule is CCNC(C1CCCCC1)C(C)(C)OCC. The third-order valence-electron chi connectivity index (χ3n) is 3.81. The molecule has 1 atom stereocenters. The Bertz CT molecular complexity index is 185. The van der Waals surface area contributed by atoms with Crippen molar-refractivity contribution >= 4 is 0 Å². The van der Waals surface area contributed by atoms with Crippen molar-refractivity contribution < 1.29 is 4.74 Å². The van der Waals surface area contributed by atoms with Gasteiger partial charge in [0, 0.05) is 12.6 Å². The summed E-state index contributed by atoms with van der Waals surface area (Å²) >= 11 is 0. The van der Waals surface area contributed by atoms with E-state index in [4.69, 9.17) is 4.74 Å². The van der Waals surface area contributed by atoms with Gasteiger partial charge >= 0.3 is 0 Å². The van der Waals surface area contributed by atoms with Gasteiger partial charge in [-0.15, -0.1) is 0 Å². The number of likely N-dealkylation sites (N-methyl/N-ethyl adjacent to an activating group) is 1. The zero-order valence-electron chi connectivity index (χ0n) is 11.5. The van der Waals surface area contributed by atoms with E-state index in [1.165, 1.54) is 32.1 Å². The molecule has 1 N–H and O–H groups in total. The first-order valence-corrected chi connectivity index (χ1v) is 6.99. The third kappa shape index (κ3) is 3.74. The van der Waals surface area contributed by atoms with Gasteiger partial charge in [-0.05, 0) is 46.1 Å². The van der Waals surface area contributed by atoms with Crippen LogP contribution in [0.15, 0.2) is 0 Å². The summed E-state index contributed by atoms with van der Waals surface area (Å²) in [5, 5.41) is 3.65. The zero-order chi connectivity index (χ0) is 12.0. The van der Waals surface area contributed by atoms with Crippen LogP contribution in [0, 0.1) is 5.92 Å². The van der Waals surface area contributed by atoms with Gasteiger partial charge in [0.25, 0.3) is 0 Å². The summed E-state index contributed by atoms with van der Waals surface area (Å²) in [6.07, 6.45) is 6.95. The molecule has 2 heteroatoms. The number of ether oxygens (including phenoxy) is 1. The first kappa shape index (κ1) is 14.0. The Balaban J connectivity index is 2.63. The van der Waals surface area contributed by atoms with E-state index in [0.29, 0.717) is 6.04 Å². The Morgan fingerprint density at radius 3 is 2.31 bits per heavy atom. The average molecular weight is 227 g/mol. The van der Waals surface area contributed by atoms with E-state index in [0.717, 1.165) is 19.1 Å². The van der Waals surface area contributed by atoms with Crippen molar-refractivity contribution in [3.05, 3.63) is 0 Å². The monoisotopic (exact) mass is 227 g/mol. The molecule has 0 heterocycles. The Kier molecular flexibility index (Phi) is 5.77. The van der Waals surface area contributed by atoms with Gasteiger partial charge in [0.15, 0.2) is 0 Å². The van der Waals surface area contributed by atoms with Crippen LogP contribution in [0.1, 0.15) is 59.8 Å². The maximum absolute atomic E-state index is 5.93. The van der Waals surface area contributed by atoms with E-state index in [2.05, 4.69) is 33.0 Å². The van der Waals surface area contributed by atoms with Gasteiger partial charge in [-0.2, -0.15) is 0 Å². The second kappa shape index (κ2) is 6.61. The molecule has 0 aromatic rings. The molecule has 1 unspecified atom stereocenters. The summed E-state index contributed by atoms with van der Waals surface area (Å²) in [6.45, 7) is 10.6. The molecule has 1 rings (SSSR count). The maximum Gasteiger partial charge on any atom is 0.0781 e. The van der Waals surface area contributed by atoms with Crippen LogP contribution in [0.25, 0.3) is 0 Å². The van der Waals surface area contributed by atoms with Crippen LogP contribution >= 0.6 is 0 Å². The van der Waals surface area contributed by atoms with E-state index < -0.39 is 0 Å². The first-order valence-electron chi connectivity index (χ1n) is 6.99. The van der Waals surface area contributed by atoms with Gasteiger partial charge in [-0.25, -0.2) is 0 Å². The van der Waals surface area contributed by atoms with E-state index in [-0.39, 0.29) is 5.60 Å². The molecule has 0 radical (unpaired) electrons. The molecule has 1 aliphatic rings. The van der Waals surface area contributed by atoms with Gasteiger partial charge < -0.3 is 10.1 Å². The Morgan fingerprint density at radius 2 is 1.81 bits per heavy atom. The predicted octanol–water partition coefficient (Wildman–Crippen LogP) is 3.36. The molecule has 1 aliphatic carbocycles. The van der Waals surface area contributed by atoms with Gasteiger partial charge in [-0.3, -0.25) is 0 Å². The molecule has 1 fully saturated rings. The predicted molar refractivity (Wildman–Crippen MR) is 69.7 cm³/mol. The minimum absolute atomic E-state index is 0.0350. The molecule has 96 valence electrons. The highest BCUT2D eigenvalue weighted by atomic mass is 16.5. The normalized spacial score (nSPS) is 21.0. The number of hydrogen-bond acceptors (Lipinski definition) is 2. The van der Waals surface area contributed by atoms with Crippen molar-refractivity contribution in [1.29, 1.82) is 0 Å². The molecule has 1 saturated carbocycles. The van der Waals surface area contributed by atoms with Crippen LogP contribution in [-0.2, 0) is 4.74 Å². The lowest BCUT2D eigenvalue weighted by Crippen LogP contribution is -2.53. The van der Waals surface area contributed by atoms with Gasteiger partial charge in [-0.1, -0.05) is 26.2 Å². The van der Waals surface area contributed by atoms with Crippen LogP contribution in [0.5, 0.6) is 0 Å². The van der Waals surface area contributed by atoms with Crippen LogP contribution in [0.2, 0.25) is 0 Å². The average Bonchev–Trinajstić information content (AvgIpc) is 2.27. The number of hydrogen-bond donors (Lipinski definition) is 1. The van der Waals surface area contributed by atoms with Crippen molar-refractivity contribution in [2.45, 2.75) is 71.4 Å². The first-order chi connectivity index (χ1) is 7.61. The highest BCUT2D eigenvalue weighted by Gasteiger charge is 2.35. The van der Waals surface area contributed by atoms with Crippen molar-refractivity contribution in [2.75, 3.05) is 13.2 Å². The van der Waals surface area contributed by atoms with Crippen LogP contribution in [0.4, 0.5) is 0 Å². The molecular formula is C14H29NO. The summed E-state index contributed by atoms with van der Waals surface area (Å²) in [7, 11) is 0. The highest BCUT2D eigenvalue weighted by molar-refractivity contribution is 4.91. The fourth-order valence-electron chi connectivity index (χ4n) is 3.13. The maximum atomic E-state index is 5.93. The Hall–Kier alpha value is -0.0800. The van der Waals surface area contributed by atoms with Crippen molar-refractivity contribution in [3.8, 4) is 0 Å². The standard InChI is InChI=1S/C14H29NO/c1-5-15-13(14(3,4)16-6-2)12-10-8-7-9-11-12/h12-13,15H,5-11H2,1-4H3. The van der Waals surface area contributed by atoms with Crippen molar-refractivity contribution in [3.63, 3.8) is 0 Å². The van der Waals surface area contributed by atoms with E-state index in [1.54, 1.807) is 0 Å². The lowest BCUT2D eigenvalue weighted by Gasteiger charge is -2.41. The summed E-state index contributed by atoms with van der Waals surface area (Å²) < 4.78 is 5.93. The topological polar surface area (TPSA) is 21.3 Å². The van der Waals surface area contributed by atoms with E-state index in [9.17, 15) is 0 Å². The third-order valence-corrected chi connectivity index (χ3v) is 3.81. The molecule has 0 aromatic heterocycles. The summed E-state index contributed by atoms with van der Waals surface area (Å²) in [4.78, 5) is 0. The molecule has 0 spiro atoms. The number of rotatable bonds is 6. The summed E-state index contributed by atoms with van der Waals surface area (Å²) in [5.74, 6) is 0.801. The fraction of sp³-hybridized carbons (Fsp3) is 1.00. The van der Waals surface area contributed by atoms with Crippen molar-refractivity contribution in [2.24, 2.45) is 5.92 Å². The molecule has 0 aromatic carbocycles. The molecule has 2 nitrogen and oxygen atoms in total. The molecule has 0 amide bonds. The minimum Gasteiger partial charge on any atom is -0.374 e. The van der Waals surface area contributed by atoms with E-state index >= 15 is 0 Å². The second-order valence-electron chi connectivity index (χ2n) is 5.47. The number of nitrogens with one attached hydrogen (secondary N) is 1. The minimum atomic E-state index is -0.0350. The van der Waals surface area contributed by atoms with E-state index in [1.807, 2.05) is 0 Å². The summed E-state index contributed by atoms with van der Waals surface area (Å²) in [5.41, 5.74) is -0.0350. The van der Waals surface area contributed by atoms with Crippen molar-refractivity contribution in [1.82, 2.24) is 5.32 Å². The van der Waals surface area contributed by atoms with Gasteiger partial charge in [0.2, 0.25) is 0 Å². The van der Waals surface area contributed by atoms with Gasteiger partial charge in [0.05, 0.1) is 5.60 Å². The second-order valence-corrected chi connectivity index (χ2v) is 5.47. The van der Waals surface area contributed by atoms with Crippen LogP contribution in [0.3, 0.4) is 0 Å². The molecule has 16 heavy (non-hydrogen) atoms. The Labute approximate surface area is 101 Å². The smallest absolute Gasteiger partial charge is 0.0781 e. The summed E-state index contributed by atoms with van der Waals surface area (Å²) in [6, 6.07) is 0.512. The molecule has 0 saturated heterocycles. The molecular weight excluding hydrogens is 198 g/mol.